The van der Waals surface area contributed by atoms with Crippen molar-refractivity contribution in [1.82, 2.24) is 20.5 Å². The van der Waals surface area contributed by atoms with Crippen LogP contribution in [0.25, 0.3) is 22.0 Å². The number of rotatable bonds is 16. The van der Waals surface area contributed by atoms with Crippen LogP contribution in [-0.2, 0) is 20.8 Å². The number of nitrogens with zero attached hydrogens (tertiary/aromatic N) is 2. The minimum Gasteiger partial charge on any atom is -0.356 e. The van der Waals surface area contributed by atoms with E-state index in [-0.39, 0.29) is 59.8 Å². The minimum absolute atomic E-state index is 0.00148. The van der Waals surface area contributed by atoms with Crippen molar-refractivity contribution in [3.8, 4) is 11.1 Å². The van der Waals surface area contributed by atoms with Crippen LogP contribution < -0.4 is 16.0 Å². The number of imide groups is 2. The highest BCUT2D eigenvalue weighted by atomic mass is 19.1. The quantitative estimate of drug-likeness (QED) is 0.0518. The van der Waals surface area contributed by atoms with Gasteiger partial charge < -0.3 is 10.6 Å². The zero-order valence-electron chi connectivity index (χ0n) is 33.3. The third kappa shape index (κ3) is 8.61. The summed E-state index contributed by atoms with van der Waals surface area (Å²) in [5.41, 5.74) is 4.66. The van der Waals surface area contributed by atoms with E-state index in [0.717, 1.165) is 10.6 Å². The first-order valence-corrected chi connectivity index (χ1v) is 20.2. The number of halogens is 1. The molecule has 7 rings (SSSR count). The Balaban J connectivity index is 0.910. The number of nitrogens with one attached hydrogen (secondary N) is 3. The molecule has 0 saturated carbocycles. The Bertz CT molecular complexity index is 2560. The first kappa shape index (κ1) is 41.3. The molecular weight excluding hydrogens is 766 g/mol. The highest BCUT2D eigenvalue weighted by Gasteiger charge is 2.45. The molecule has 5 amide bonds. The summed E-state index contributed by atoms with van der Waals surface area (Å²) >= 11 is 0. The summed E-state index contributed by atoms with van der Waals surface area (Å²) in [7, 11) is 0. The van der Waals surface area contributed by atoms with Crippen molar-refractivity contribution in [2.45, 2.75) is 71.3 Å². The molecule has 2 aliphatic heterocycles. The van der Waals surface area contributed by atoms with Crippen molar-refractivity contribution >= 4 is 63.4 Å². The Morgan fingerprint density at radius 2 is 1.63 bits per heavy atom. The van der Waals surface area contributed by atoms with Gasteiger partial charge in [-0.05, 0) is 84.8 Å². The van der Waals surface area contributed by atoms with Gasteiger partial charge in [-0.1, -0.05) is 62.7 Å². The van der Waals surface area contributed by atoms with Crippen molar-refractivity contribution in [2.24, 2.45) is 5.92 Å². The SMILES string of the molecule is CCC(=O)c1cnc2ccc(-c3ccc(C(=O)CCCCCNC(=O)C(C)Cc4cccc5c4C(=O)N(C4CCC(=O)NC4=O)C5=O)c(F)c3)cc2c1Nc1ccccc1. The summed E-state index contributed by atoms with van der Waals surface area (Å²) in [5, 5.41) is 9.17. The number of hydrogen-bond donors (Lipinski definition) is 3. The van der Waals surface area contributed by atoms with Gasteiger partial charge in [-0.2, -0.15) is 0 Å². The van der Waals surface area contributed by atoms with Gasteiger partial charge in [0, 0.05) is 49.0 Å². The Morgan fingerprint density at radius 3 is 2.38 bits per heavy atom. The number of fused-ring (bicyclic) bond motifs is 2. The summed E-state index contributed by atoms with van der Waals surface area (Å²) < 4.78 is 15.5. The summed E-state index contributed by atoms with van der Waals surface area (Å²) in [6, 6.07) is 23.3. The fourth-order valence-corrected chi connectivity index (χ4v) is 7.78. The van der Waals surface area contributed by atoms with Crippen LogP contribution in [0.2, 0.25) is 0 Å². The molecule has 3 heterocycles. The minimum atomic E-state index is -1.08. The number of amides is 5. The van der Waals surface area contributed by atoms with Crippen molar-refractivity contribution in [2.75, 3.05) is 11.9 Å². The molecule has 0 bridgehead atoms. The molecule has 1 saturated heterocycles. The van der Waals surface area contributed by atoms with E-state index < -0.39 is 41.4 Å². The highest BCUT2D eigenvalue weighted by molar-refractivity contribution is 6.24. The molecule has 3 N–H and O–H groups in total. The fraction of sp³-hybridized carbons (Fsp3) is 0.277. The maximum atomic E-state index is 15.5. The molecule has 0 spiro atoms. The van der Waals surface area contributed by atoms with Crippen LogP contribution in [-0.4, -0.2) is 63.6 Å². The topological polar surface area (TPSA) is 172 Å². The normalized spacial score (nSPS) is 15.4. The van der Waals surface area contributed by atoms with Gasteiger partial charge in [0.05, 0.1) is 33.5 Å². The molecule has 1 fully saturated rings. The first-order chi connectivity index (χ1) is 28.9. The molecule has 5 aromatic rings. The predicted octanol–water partition coefficient (Wildman–Crippen LogP) is 7.52. The number of pyridine rings is 1. The predicted molar refractivity (Wildman–Crippen MR) is 223 cm³/mol. The lowest BCUT2D eigenvalue weighted by atomic mass is 9.94. The second-order valence-corrected chi connectivity index (χ2v) is 15.2. The van der Waals surface area contributed by atoms with Crippen LogP contribution in [0.3, 0.4) is 0 Å². The molecule has 0 aliphatic carbocycles. The maximum absolute atomic E-state index is 15.5. The fourth-order valence-electron chi connectivity index (χ4n) is 7.78. The zero-order valence-corrected chi connectivity index (χ0v) is 33.3. The summed E-state index contributed by atoms with van der Waals surface area (Å²) in [4.78, 5) is 95.1. The largest absolute Gasteiger partial charge is 0.356 e. The van der Waals surface area contributed by atoms with Crippen molar-refractivity contribution in [1.29, 1.82) is 0 Å². The van der Waals surface area contributed by atoms with E-state index in [1.54, 1.807) is 38.2 Å². The van der Waals surface area contributed by atoms with E-state index >= 15 is 4.39 Å². The number of Topliss-reactive ketones (excluding diaryl/α,β-unsaturated/α-hetero) is 2. The summed E-state index contributed by atoms with van der Waals surface area (Å²) in [6.07, 6.45) is 3.96. The van der Waals surface area contributed by atoms with Crippen LogP contribution in [0.4, 0.5) is 15.8 Å². The van der Waals surface area contributed by atoms with Crippen molar-refractivity contribution in [3.63, 3.8) is 0 Å². The molecule has 4 aromatic carbocycles. The maximum Gasteiger partial charge on any atom is 0.262 e. The average molecular weight is 810 g/mol. The number of hydrogen-bond acceptors (Lipinski definition) is 9. The number of unbranched alkanes of at least 4 members (excludes halogenated alkanes) is 2. The van der Waals surface area contributed by atoms with Crippen LogP contribution in [0.5, 0.6) is 0 Å². The Kier molecular flexibility index (Phi) is 12.3. The number of carbonyl (C=O) groups excluding carboxylic acids is 7. The number of benzene rings is 4. The van der Waals surface area contributed by atoms with E-state index in [9.17, 15) is 33.6 Å². The van der Waals surface area contributed by atoms with Gasteiger partial charge in [0.1, 0.15) is 11.9 Å². The van der Waals surface area contributed by atoms with Gasteiger partial charge in [-0.3, -0.25) is 48.8 Å². The lowest BCUT2D eigenvalue weighted by molar-refractivity contribution is -0.136. The van der Waals surface area contributed by atoms with Crippen molar-refractivity contribution in [3.05, 3.63) is 125 Å². The van der Waals surface area contributed by atoms with E-state index in [2.05, 4.69) is 20.9 Å². The monoisotopic (exact) mass is 809 g/mol. The van der Waals surface area contributed by atoms with Gasteiger partial charge in [0.15, 0.2) is 11.6 Å². The Hall–Kier alpha value is -6.89. The second kappa shape index (κ2) is 17.9. The molecule has 306 valence electrons. The van der Waals surface area contributed by atoms with Gasteiger partial charge in [0.25, 0.3) is 11.8 Å². The Morgan fingerprint density at radius 1 is 0.867 bits per heavy atom. The molecule has 1 aromatic heterocycles. The van der Waals surface area contributed by atoms with Gasteiger partial charge in [-0.15, -0.1) is 0 Å². The lowest BCUT2D eigenvalue weighted by Crippen LogP contribution is -2.54. The second-order valence-electron chi connectivity index (χ2n) is 15.2. The third-order valence-electron chi connectivity index (χ3n) is 11.0. The zero-order chi connectivity index (χ0) is 42.5. The number of carbonyl (C=O) groups is 7. The third-order valence-corrected chi connectivity index (χ3v) is 11.0. The van der Waals surface area contributed by atoms with E-state index in [4.69, 9.17) is 0 Å². The number of anilines is 2. The summed E-state index contributed by atoms with van der Waals surface area (Å²) in [5.74, 6) is -4.17. The molecular formula is C47H44FN5O7. The van der Waals surface area contributed by atoms with E-state index in [1.807, 2.05) is 48.5 Å². The Labute approximate surface area is 345 Å². The van der Waals surface area contributed by atoms with Crippen LogP contribution in [0.15, 0.2) is 91.1 Å². The molecule has 13 heteroatoms. The van der Waals surface area contributed by atoms with Gasteiger partial charge >= 0.3 is 0 Å². The number of piperidine rings is 1. The molecule has 2 unspecified atom stereocenters. The summed E-state index contributed by atoms with van der Waals surface area (Å²) in [6.45, 7) is 3.87. The van der Waals surface area contributed by atoms with Gasteiger partial charge in [-0.25, -0.2) is 4.39 Å². The van der Waals surface area contributed by atoms with Crippen LogP contribution >= 0.6 is 0 Å². The standard InChI is InChI=1S/C47H44FN5O7/c1-3-39(54)35-26-50-37-19-17-28(24-34(37)43(35)51-31-12-6-4-7-13-31)29-16-18-32(36(48)25-29)40(55)15-8-5-9-22-49-44(57)27(2)23-30-11-10-14-33-42(30)47(60)53(46(33)59)38-20-21-41(56)52-45(38)58/h4,6-7,10-14,16-19,24-27,38H,3,5,8-9,15,20-23H2,1-2H3,(H,49,57)(H,50,51)(H,52,56,58). The molecule has 2 aliphatic rings. The smallest absolute Gasteiger partial charge is 0.262 e. The van der Waals surface area contributed by atoms with Gasteiger partial charge in [0.2, 0.25) is 17.7 Å². The van der Waals surface area contributed by atoms with Crippen molar-refractivity contribution < 1.29 is 38.0 Å². The number of ketones is 2. The average Bonchev–Trinajstić information content (AvgIpc) is 3.50. The highest BCUT2D eigenvalue weighted by Crippen LogP contribution is 2.35. The van der Waals surface area contributed by atoms with Crippen LogP contribution in [0, 0.1) is 11.7 Å². The molecule has 12 nitrogen and oxygen atoms in total. The molecule has 0 radical (unpaired) electrons. The number of aromatic nitrogens is 1. The number of para-hydroxylation sites is 1. The molecule has 60 heavy (non-hydrogen) atoms. The lowest BCUT2D eigenvalue weighted by Gasteiger charge is -2.27. The molecule has 2 atom stereocenters. The van der Waals surface area contributed by atoms with Crippen LogP contribution in [0.1, 0.15) is 106 Å². The first-order valence-electron chi connectivity index (χ1n) is 20.2. The van der Waals surface area contributed by atoms with E-state index in [0.29, 0.717) is 71.1 Å². The van der Waals surface area contributed by atoms with E-state index in [1.165, 1.54) is 18.2 Å².